The van der Waals surface area contributed by atoms with Crippen molar-refractivity contribution in [3.63, 3.8) is 0 Å². The van der Waals surface area contributed by atoms with Crippen molar-refractivity contribution in [3.8, 4) is 21.8 Å². The molecule has 0 bridgehead atoms. The van der Waals surface area contributed by atoms with Gasteiger partial charge in [0.25, 0.3) is 6.43 Å². The number of hydrogen-bond donors (Lipinski definition) is 0. The number of carbonyl (C=O) groups is 1. The van der Waals surface area contributed by atoms with Crippen LogP contribution in [0.3, 0.4) is 0 Å². The van der Waals surface area contributed by atoms with Crippen molar-refractivity contribution in [3.05, 3.63) is 82.9 Å². The fraction of sp³-hybridized carbons (Fsp3) is 0.167. The first-order valence-electron chi connectivity index (χ1n) is 10.2. The molecule has 0 aliphatic rings. The molecule has 0 fully saturated rings. The highest BCUT2D eigenvalue weighted by molar-refractivity contribution is 7.15. The maximum absolute atomic E-state index is 13.2. The van der Waals surface area contributed by atoms with Crippen molar-refractivity contribution in [2.75, 3.05) is 0 Å². The second-order valence-electron chi connectivity index (χ2n) is 7.68. The molecule has 33 heavy (non-hydrogen) atoms. The molecule has 0 saturated carbocycles. The summed E-state index contributed by atoms with van der Waals surface area (Å²) in [4.78, 5) is 22.4. The molecule has 0 aliphatic heterocycles. The van der Waals surface area contributed by atoms with Crippen LogP contribution < -0.4 is 0 Å². The van der Waals surface area contributed by atoms with Crippen LogP contribution in [0.15, 0.2) is 61.1 Å². The van der Waals surface area contributed by atoms with Crippen LogP contribution >= 0.6 is 11.3 Å². The van der Waals surface area contributed by atoms with Crippen molar-refractivity contribution in [1.82, 2.24) is 24.1 Å². The summed E-state index contributed by atoms with van der Waals surface area (Å²) < 4.78 is 29.8. The van der Waals surface area contributed by atoms with Crippen LogP contribution in [0.5, 0.6) is 0 Å². The molecule has 5 aromatic rings. The Morgan fingerprint density at radius 2 is 1.94 bits per heavy atom. The number of imidazole rings is 1. The predicted molar refractivity (Wildman–Crippen MR) is 123 cm³/mol. The van der Waals surface area contributed by atoms with Crippen molar-refractivity contribution in [1.29, 1.82) is 0 Å². The third kappa shape index (κ3) is 3.95. The molecular weight excluding hydrogens is 444 g/mol. The van der Waals surface area contributed by atoms with Gasteiger partial charge in [-0.3, -0.25) is 9.48 Å². The highest BCUT2D eigenvalue weighted by Gasteiger charge is 2.24. The van der Waals surface area contributed by atoms with Crippen LogP contribution in [0.1, 0.15) is 33.0 Å². The van der Waals surface area contributed by atoms with E-state index >= 15 is 0 Å². The number of nitrogens with zero attached hydrogens (tertiary/aromatic N) is 5. The first-order valence-corrected chi connectivity index (χ1v) is 11.1. The molecule has 0 unspecified atom stereocenters. The number of pyridine rings is 1. The van der Waals surface area contributed by atoms with Crippen molar-refractivity contribution < 1.29 is 13.6 Å². The summed E-state index contributed by atoms with van der Waals surface area (Å²) >= 11 is 1.14. The number of thiazole rings is 1. The summed E-state index contributed by atoms with van der Waals surface area (Å²) in [6.45, 7) is 1.60. The molecule has 0 amide bonds. The molecule has 4 aromatic heterocycles. The molecule has 0 N–H and O–H groups in total. The lowest BCUT2D eigenvalue weighted by molar-refractivity contribution is 0.0984. The minimum atomic E-state index is -2.66. The fourth-order valence-corrected chi connectivity index (χ4v) is 4.73. The minimum Gasteiger partial charge on any atom is -0.306 e. The average molecular weight is 464 g/mol. The number of benzene rings is 1. The number of ketones is 1. The molecular formula is C24H19F2N5OS. The SMILES string of the molecule is Cc1sc(-c2cnn(C)c2C(=O)Cc2ccn3cc(-c4ccccc4)nc3c2)nc1C(F)F. The minimum absolute atomic E-state index is 0.128. The third-order valence-electron chi connectivity index (χ3n) is 5.43. The van der Waals surface area contributed by atoms with E-state index in [1.54, 1.807) is 14.0 Å². The quantitative estimate of drug-likeness (QED) is 0.311. The van der Waals surface area contributed by atoms with Crippen molar-refractivity contribution in [2.24, 2.45) is 7.05 Å². The van der Waals surface area contributed by atoms with Gasteiger partial charge in [-0.1, -0.05) is 30.3 Å². The zero-order valence-electron chi connectivity index (χ0n) is 17.9. The van der Waals surface area contributed by atoms with Gasteiger partial charge >= 0.3 is 0 Å². The van der Waals surface area contributed by atoms with Crippen LogP contribution in [-0.2, 0) is 13.5 Å². The van der Waals surface area contributed by atoms with E-state index in [1.165, 1.54) is 10.9 Å². The van der Waals surface area contributed by atoms with E-state index in [0.29, 0.717) is 21.1 Å². The molecule has 4 heterocycles. The fourth-order valence-electron chi connectivity index (χ4n) is 3.80. The lowest BCUT2D eigenvalue weighted by Gasteiger charge is -2.05. The summed E-state index contributed by atoms with van der Waals surface area (Å²) in [5.41, 5.74) is 3.96. The van der Waals surface area contributed by atoms with E-state index in [0.717, 1.165) is 33.8 Å². The lowest BCUT2D eigenvalue weighted by atomic mass is 10.1. The average Bonchev–Trinajstić information content (AvgIpc) is 3.50. The van der Waals surface area contributed by atoms with Gasteiger partial charge < -0.3 is 4.40 Å². The first-order chi connectivity index (χ1) is 15.9. The second kappa shape index (κ2) is 8.32. The van der Waals surface area contributed by atoms with E-state index < -0.39 is 6.43 Å². The molecule has 6 nitrogen and oxygen atoms in total. The van der Waals surface area contributed by atoms with E-state index in [-0.39, 0.29) is 17.9 Å². The van der Waals surface area contributed by atoms with Crippen LogP contribution in [0.4, 0.5) is 8.78 Å². The van der Waals surface area contributed by atoms with Gasteiger partial charge in [0, 0.05) is 36.3 Å². The molecule has 1 aromatic carbocycles. The Labute approximate surface area is 192 Å². The number of aryl methyl sites for hydroxylation is 2. The van der Waals surface area contributed by atoms with Gasteiger partial charge in [-0.25, -0.2) is 18.7 Å². The Kier molecular flexibility index (Phi) is 5.33. The van der Waals surface area contributed by atoms with Gasteiger partial charge in [0.2, 0.25) is 0 Å². The lowest BCUT2D eigenvalue weighted by Crippen LogP contribution is -2.11. The largest absolute Gasteiger partial charge is 0.306 e. The van der Waals surface area contributed by atoms with E-state index in [4.69, 9.17) is 0 Å². The molecule has 0 spiro atoms. The number of Topliss-reactive ketones (excluding diaryl/α,β-unsaturated/α-hetero) is 1. The molecule has 5 rings (SSSR count). The van der Waals surface area contributed by atoms with Crippen LogP contribution in [-0.4, -0.2) is 29.9 Å². The highest BCUT2D eigenvalue weighted by Crippen LogP contribution is 2.34. The maximum atomic E-state index is 13.2. The summed E-state index contributed by atoms with van der Waals surface area (Å²) in [5, 5.41) is 4.56. The smallest absolute Gasteiger partial charge is 0.281 e. The predicted octanol–water partition coefficient (Wildman–Crippen LogP) is 5.53. The maximum Gasteiger partial charge on any atom is 0.281 e. The summed E-state index contributed by atoms with van der Waals surface area (Å²) in [5.74, 6) is -0.171. The number of hydrogen-bond acceptors (Lipinski definition) is 5. The Morgan fingerprint density at radius 1 is 1.15 bits per heavy atom. The zero-order chi connectivity index (χ0) is 23.1. The van der Waals surface area contributed by atoms with Crippen LogP contribution in [0, 0.1) is 6.92 Å². The molecule has 0 saturated heterocycles. The molecule has 9 heteroatoms. The normalized spacial score (nSPS) is 11.5. The van der Waals surface area contributed by atoms with Gasteiger partial charge in [0.1, 0.15) is 22.0 Å². The number of fused-ring (bicyclic) bond motifs is 1. The number of aromatic nitrogens is 5. The Morgan fingerprint density at radius 3 is 2.67 bits per heavy atom. The standard InChI is InChI=1S/C24H19F2N5OS/c1-14-21(23(25)26)29-24(33-14)17-12-27-30(2)22(17)19(32)10-15-8-9-31-13-18(28-20(31)11-15)16-6-4-3-5-7-16/h3-9,11-13,23H,10H2,1-2H3. The van der Waals surface area contributed by atoms with Gasteiger partial charge in [-0.15, -0.1) is 11.3 Å². The summed E-state index contributed by atoms with van der Waals surface area (Å²) in [7, 11) is 1.66. The van der Waals surface area contributed by atoms with Gasteiger partial charge in [0.05, 0.1) is 17.5 Å². The van der Waals surface area contributed by atoms with E-state index in [2.05, 4.69) is 15.1 Å². The van der Waals surface area contributed by atoms with Crippen LogP contribution in [0.2, 0.25) is 0 Å². The monoisotopic (exact) mass is 463 g/mol. The third-order valence-corrected chi connectivity index (χ3v) is 6.45. The van der Waals surface area contributed by atoms with E-state index in [1.807, 2.05) is 59.3 Å². The second-order valence-corrected chi connectivity index (χ2v) is 8.89. The molecule has 0 atom stereocenters. The Bertz CT molecular complexity index is 1470. The van der Waals surface area contributed by atoms with Gasteiger partial charge in [-0.05, 0) is 24.6 Å². The molecule has 0 radical (unpaired) electrons. The Balaban J connectivity index is 1.44. The highest BCUT2D eigenvalue weighted by atomic mass is 32.1. The van der Waals surface area contributed by atoms with Gasteiger partial charge in [0.15, 0.2) is 5.78 Å². The summed E-state index contributed by atoms with van der Waals surface area (Å²) in [6, 6.07) is 13.6. The topological polar surface area (TPSA) is 65.1 Å². The number of alkyl halides is 2. The zero-order valence-corrected chi connectivity index (χ0v) is 18.7. The Hall–Kier alpha value is -3.72. The first kappa shape index (κ1) is 21.1. The number of carbonyl (C=O) groups excluding carboxylic acids is 1. The van der Waals surface area contributed by atoms with Crippen molar-refractivity contribution >= 4 is 22.8 Å². The molecule has 0 aliphatic carbocycles. The molecule has 166 valence electrons. The van der Waals surface area contributed by atoms with Gasteiger partial charge in [-0.2, -0.15) is 5.10 Å². The number of halogens is 2. The van der Waals surface area contributed by atoms with E-state index in [9.17, 15) is 13.6 Å². The summed E-state index contributed by atoms with van der Waals surface area (Å²) in [6.07, 6.45) is 2.79. The number of rotatable bonds is 6. The van der Waals surface area contributed by atoms with Crippen molar-refractivity contribution in [2.45, 2.75) is 19.8 Å². The van der Waals surface area contributed by atoms with Crippen LogP contribution in [0.25, 0.3) is 27.5 Å².